The molecular weight excluding hydrogens is 236 g/mol. The molecule has 1 aromatic heterocycles. The number of rotatable bonds is 2. The van der Waals surface area contributed by atoms with Gasteiger partial charge in [0.1, 0.15) is 13.1 Å². The van der Waals surface area contributed by atoms with Crippen LogP contribution < -0.4 is 5.32 Å². The molecule has 0 unspecified atom stereocenters. The zero-order valence-corrected chi connectivity index (χ0v) is 9.79. The van der Waals surface area contributed by atoms with Crippen LogP contribution in [0, 0.1) is 0 Å². The van der Waals surface area contributed by atoms with Crippen molar-refractivity contribution in [2.75, 3.05) is 13.1 Å². The van der Waals surface area contributed by atoms with Crippen LogP contribution in [0.3, 0.4) is 0 Å². The lowest BCUT2D eigenvalue weighted by Crippen LogP contribution is -2.52. The van der Waals surface area contributed by atoms with Gasteiger partial charge in [0.15, 0.2) is 0 Å². The SMILES string of the molecule is Cn1nccc1C=CC(=O)N1CC(=O)NC(=O)C1. The van der Waals surface area contributed by atoms with E-state index in [0.717, 1.165) is 5.69 Å². The number of aryl methyl sites for hydroxylation is 1. The van der Waals surface area contributed by atoms with Gasteiger partial charge in [0.25, 0.3) is 0 Å². The van der Waals surface area contributed by atoms with Crippen LogP contribution in [0.5, 0.6) is 0 Å². The van der Waals surface area contributed by atoms with E-state index < -0.39 is 11.8 Å². The number of carbonyl (C=O) groups is 3. The lowest BCUT2D eigenvalue weighted by molar-refractivity contribution is -0.143. The average Bonchev–Trinajstić information content (AvgIpc) is 2.70. The van der Waals surface area contributed by atoms with E-state index in [1.165, 1.54) is 11.0 Å². The fraction of sp³-hybridized carbons (Fsp3) is 0.273. The molecule has 0 radical (unpaired) electrons. The molecule has 94 valence electrons. The number of piperazine rings is 1. The van der Waals surface area contributed by atoms with Crippen molar-refractivity contribution in [3.8, 4) is 0 Å². The topological polar surface area (TPSA) is 84.3 Å². The van der Waals surface area contributed by atoms with Gasteiger partial charge in [-0.25, -0.2) is 0 Å². The Kier molecular flexibility index (Phi) is 3.22. The highest BCUT2D eigenvalue weighted by Crippen LogP contribution is 2.02. The maximum Gasteiger partial charge on any atom is 0.247 e. The minimum absolute atomic E-state index is 0.0969. The Hall–Kier alpha value is -2.44. The molecule has 2 rings (SSSR count). The highest BCUT2D eigenvalue weighted by molar-refractivity contribution is 6.04. The first-order valence-electron chi connectivity index (χ1n) is 5.34. The molecule has 1 aliphatic heterocycles. The summed E-state index contributed by atoms with van der Waals surface area (Å²) in [5.41, 5.74) is 0.760. The van der Waals surface area contributed by atoms with Crippen LogP contribution in [-0.2, 0) is 21.4 Å². The van der Waals surface area contributed by atoms with Gasteiger partial charge >= 0.3 is 0 Å². The summed E-state index contributed by atoms with van der Waals surface area (Å²) in [5.74, 6) is -1.30. The van der Waals surface area contributed by atoms with Gasteiger partial charge in [0.2, 0.25) is 17.7 Å². The van der Waals surface area contributed by atoms with Crippen molar-refractivity contribution in [3.05, 3.63) is 24.0 Å². The highest BCUT2D eigenvalue weighted by atomic mass is 16.2. The number of nitrogens with zero attached hydrogens (tertiary/aromatic N) is 3. The summed E-state index contributed by atoms with van der Waals surface area (Å²) in [5, 5.41) is 6.09. The van der Waals surface area contributed by atoms with Gasteiger partial charge in [-0.3, -0.25) is 24.4 Å². The third-order valence-corrected chi connectivity index (χ3v) is 2.51. The number of carbonyl (C=O) groups excluding carboxylic acids is 3. The van der Waals surface area contributed by atoms with Crippen LogP contribution in [0.25, 0.3) is 6.08 Å². The molecule has 7 heteroatoms. The van der Waals surface area contributed by atoms with Crippen LogP contribution in [-0.4, -0.2) is 45.5 Å². The number of hydrogen-bond donors (Lipinski definition) is 1. The monoisotopic (exact) mass is 248 g/mol. The van der Waals surface area contributed by atoms with E-state index in [2.05, 4.69) is 10.4 Å². The second kappa shape index (κ2) is 4.82. The van der Waals surface area contributed by atoms with Gasteiger partial charge in [-0.2, -0.15) is 5.10 Å². The Bertz CT molecular complexity index is 516. The minimum Gasteiger partial charge on any atom is -0.321 e. The Labute approximate surface area is 103 Å². The van der Waals surface area contributed by atoms with E-state index >= 15 is 0 Å². The summed E-state index contributed by atoms with van der Waals surface area (Å²) in [6.45, 7) is -0.194. The van der Waals surface area contributed by atoms with Crippen LogP contribution in [0.1, 0.15) is 5.69 Å². The summed E-state index contributed by atoms with van der Waals surface area (Å²) < 4.78 is 1.61. The van der Waals surface area contributed by atoms with Gasteiger partial charge in [-0.1, -0.05) is 0 Å². The van der Waals surface area contributed by atoms with E-state index in [1.807, 2.05) is 0 Å². The lowest BCUT2D eigenvalue weighted by atomic mass is 10.3. The maximum absolute atomic E-state index is 11.8. The molecule has 7 nitrogen and oxygen atoms in total. The van der Waals surface area contributed by atoms with Crippen LogP contribution in [0.4, 0.5) is 0 Å². The molecular formula is C11H12N4O3. The Morgan fingerprint density at radius 3 is 2.61 bits per heavy atom. The first-order chi connectivity index (χ1) is 8.56. The third kappa shape index (κ3) is 2.62. The second-order valence-electron chi connectivity index (χ2n) is 3.88. The van der Waals surface area contributed by atoms with Crippen molar-refractivity contribution in [1.29, 1.82) is 0 Å². The number of amides is 3. The Morgan fingerprint density at radius 1 is 1.39 bits per heavy atom. The normalized spacial score (nSPS) is 16.2. The fourth-order valence-electron chi connectivity index (χ4n) is 1.60. The summed E-state index contributed by atoms with van der Waals surface area (Å²) >= 11 is 0. The molecule has 1 N–H and O–H groups in total. The van der Waals surface area contributed by atoms with Gasteiger partial charge in [0.05, 0.1) is 5.69 Å². The number of imide groups is 1. The third-order valence-electron chi connectivity index (χ3n) is 2.51. The van der Waals surface area contributed by atoms with Gasteiger partial charge in [0, 0.05) is 19.3 Å². The maximum atomic E-state index is 11.8. The fourth-order valence-corrected chi connectivity index (χ4v) is 1.60. The molecule has 1 saturated heterocycles. The molecule has 0 atom stereocenters. The summed E-state index contributed by atoms with van der Waals surface area (Å²) in [4.78, 5) is 35.2. The average molecular weight is 248 g/mol. The molecule has 0 spiro atoms. The van der Waals surface area contributed by atoms with E-state index in [-0.39, 0.29) is 19.0 Å². The van der Waals surface area contributed by atoms with Crippen LogP contribution in [0.2, 0.25) is 0 Å². The molecule has 1 aliphatic rings. The zero-order chi connectivity index (χ0) is 13.1. The van der Waals surface area contributed by atoms with Crippen LogP contribution >= 0.6 is 0 Å². The van der Waals surface area contributed by atoms with E-state index in [4.69, 9.17) is 0 Å². The van der Waals surface area contributed by atoms with E-state index in [9.17, 15) is 14.4 Å². The molecule has 0 aromatic carbocycles. The van der Waals surface area contributed by atoms with E-state index in [0.29, 0.717) is 0 Å². The van der Waals surface area contributed by atoms with Crippen molar-refractivity contribution in [1.82, 2.24) is 20.0 Å². The standard InChI is InChI=1S/C11H12N4O3/c1-14-8(4-5-12-14)2-3-11(18)15-6-9(16)13-10(17)7-15/h2-5H,6-7H2,1H3,(H,13,16,17). The van der Waals surface area contributed by atoms with Crippen molar-refractivity contribution < 1.29 is 14.4 Å². The highest BCUT2D eigenvalue weighted by Gasteiger charge is 2.24. The molecule has 0 bridgehead atoms. The van der Waals surface area contributed by atoms with Crippen LogP contribution in [0.15, 0.2) is 18.3 Å². The van der Waals surface area contributed by atoms with Gasteiger partial charge < -0.3 is 4.90 Å². The van der Waals surface area contributed by atoms with Crippen molar-refractivity contribution in [3.63, 3.8) is 0 Å². The van der Waals surface area contributed by atoms with Gasteiger partial charge in [-0.05, 0) is 12.1 Å². The molecule has 2 heterocycles. The first kappa shape index (κ1) is 12.0. The summed E-state index contributed by atoms with van der Waals surface area (Å²) in [6.07, 6.45) is 4.53. The van der Waals surface area contributed by atoms with Crippen molar-refractivity contribution in [2.45, 2.75) is 0 Å². The molecule has 1 aromatic rings. The van der Waals surface area contributed by atoms with Crippen molar-refractivity contribution in [2.24, 2.45) is 7.05 Å². The number of hydrogen-bond acceptors (Lipinski definition) is 4. The van der Waals surface area contributed by atoms with E-state index in [1.54, 1.807) is 30.1 Å². The number of nitrogens with one attached hydrogen (secondary N) is 1. The summed E-state index contributed by atoms with van der Waals surface area (Å²) in [6, 6.07) is 1.75. The largest absolute Gasteiger partial charge is 0.321 e. The smallest absolute Gasteiger partial charge is 0.247 e. The Morgan fingerprint density at radius 2 is 2.06 bits per heavy atom. The minimum atomic E-state index is -0.464. The molecule has 18 heavy (non-hydrogen) atoms. The molecule has 1 fully saturated rings. The number of aromatic nitrogens is 2. The molecule has 0 aliphatic carbocycles. The summed E-state index contributed by atoms with van der Waals surface area (Å²) in [7, 11) is 1.75. The zero-order valence-electron chi connectivity index (χ0n) is 9.79. The lowest BCUT2D eigenvalue weighted by Gasteiger charge is -2.24. The predicted octanol–water partition coefficient (Wildman–Crippen LogP) is -1.08. The Balaban J connectivity index is 2.04. The van der Waals surface area contributed by atoms with Gasteiger partial charge in [-0.15, -0.1) is 0 Å². The quantitative estimate of drug-likeness (QED) is 0.533. The first-order valence-corrected chi connectivity index (χ1v) is 5.34. The molecule has 3 amide bonds. The predicted molar refractivity (Wildman–Crippen MR) is 62.0 cm³/mol. The second-order valence-corrected chi connectivity index (χ2v) is 3.88. The van der Waals surface area contributed by atoms with Crippen molar-refractivity contribution >= 4 is 23.8 Å². The molecule has 0 saturated carbocycles.